The van der Waals surface area contributed by atoms with E-state index in [4.69, 9.17) is 4.74 Å². The smallest absolute Gasteiger partial charge is 0.253 e. The molecule has 0 unspecified atom stereocenters. The van der Waals surface area contributed by atoms with Gasteiger partial charge in [-0.2, -0.15) is 0 Å². The summed E-state index contributed by atoms with van der Waals surface area (Å²) in [5.74, 6) is -0.599. The van der Waals surface area contributed by atoms with E-state index in [1.807, 2.05) is 0 Å². The first kappa shape index (κ1) is 16.4. The third-order valence-electron chi connectivity index (χ3n) is 3.95. The lowest BCUT2D eigenvalue weighted by atomic mass is 10.2. The van der Waals surface area contributed by atoms with E-state index in [1.165, 1.54) is 24.4 Å². The number of rotatable bonds is 4. The molecule has 1 saturated carbocycles. The van der Waals surface area contributed by atoms with Crippen molar-refractivity contribution in [2.45, 2.75) is 30.8 Å². The van der Waals surface area contributed by atoms with Gasteiger partial charge in [-0.05, 0) is 24.3 Å². The molecule has 1 amide bonds. The first-order chi connectivity index (χ1) is 11.5. The normalized spacial score (nSPS) is 26.1. The molecular formula is C17H17FN2O4. The fourth-order valence-electron chi connectivity index (χ4n) is 2.71. The largest absolute Gasteiger partial charge is 0.487 e. The van der Waals surface area contributed by atoms with Crippen LogP contribution in [-0.2, 0) is 0 Å². The summed E-state index contributed by atoms with van der Waals surface area (Å²) in [6, 6.07) is 8.08. The quantitative estimate of drug-likeness (QED) is 0.773. The molecule has 3 rings (SSSR count). The Morgan fingerprint density at radius 2 is 2.08 bits per heavy atom. The van der Waals surface area contributed by atoms with Gasteiger partial charge in [-0.3, -0.25) is 9.78 Å². The lowest BCUT2D eigenvalue weighted by Gasteiger charge is -2.18. The Kier molecular flexibility index (Phi) is 4.73. The van der Waals surface area contributed by atoms with Crippen molar-refractivity contribution in [1.82, 2.24) is 10.3 Å². The van der Waals surface area contributed by atoms with E-state index in [-0.39, 0.29) is 12.2 Å². The molecule has 0 spiro atoms. The molecule has 1 fully saturated rings. The number of hydrogen-bond acceptors (Lipinski definition) is 5. The summed E-state index contributed by atoms with van der Waals surface area (Å²) in [6.07, 6.45) is 0.0459. The van der Waals surface area contributed by atoms with Crippen molar-refractivity contribution >= 4 is 5.91 Å². The van der Waals surface area contributed by atoms with Gasteiger partial charge >= 0.3 is 0 Å². The predicted molar refractivity (Wildman–Crippen MR) is 82.9 cm³/mol. The van der Waals surface area contributed by atoms with Crippen molar-refractivity contribution in [3.05, 3.63) is 60.2 Å². The van der Waals surface area contributed by atoms with Gasteiger partial charge in [0.1, 0.15) is 29.9 Å². The van der Waals surface area contributed by atoms with Crippen LogP contribution in [0.25, 0.3) is 0 Å². The molecule has 2 aromatic rings. The highest BCUT2D eigenvalue weighted by Crippen LogP contribution is 2.26. The molecule has 6 nitrogen and oxygen atoms in total. The number of carbonyl (C=O) groups excluding carboxylic acids is 1. The molecule has 24 heavy (non-hydrogen) atoms. The van der Waals surface area contributed by atoms with Gasteiger partial charge < -0.3 is 20.3 Å². The summed E-state index contributed by atoms with van der Waals surface area (Å²) in [5, 5.41) is 22.9. The number of carbonyl (C=O) groups is 1. The minimum atomic E-state index is -1.19. The van der Waals surface area contributed by atoms with Crippen LogP contribution in [0.15, 0.2) is 48.8 Å². The van der Waals surface area contributed by atoms with E-state index < -0.39 is 36.1 Å². The molecule has 3 N–H and O–H groups in total. The van der Waals surface area contributed by atoms with Gasteiger partial charge in [-0.25, -0.2) is 4.39 Å². The molecule has 1 aromatic carbocycles. The average molecular weight is 332 g/mol. The second-order valence-electron chi connectivity index (χ2n) is 5.65. The standard InChI is InChI=1S/C17H17FN2O4/c18-11-4-1-5-12(7-11)24-14-8-13(15(21)16(14)22)20-17(23)10-3-2-6-19-9-10/h1-7,9,13-16,21-22H,8H2,(H,20,23)/t13-,14-,15+,16+/m1/s1. The molecule has 0 radical (unpaired) electrons. The van der Waals surface area contributed by atoms with Crippen LogP contribution in [0.1, 0.15) is 16.8 Å². The molecule has 1 aliphatic carbocycles. The van der Waals surface area contributed by atoms with Crippen LogP contribution in [0.3, 0.4) is 0 Å². The molecule has 126 valence electrons. The molecular weight excluding hydrogens is 315 g/mol. The number of pyridine rings is 1. The molecule has 0 bridgehead atoms. The highest BCUT2D eigenvalue weighted by Gasteiger charge is 2.43. The summed E-state index contributed by atoms with van der Waals surface area (Å²) < 4.78 is 18.7. The molecule has 1 heterocycles. The van der Waals surface area contributed by atoms with Crippen LogP contribution in [0, 0.1) is 5.82 Å². The number of nitrogens with zero attached hydrogens (tertiary/aromatic N) is 1. The third-order valence-corrected chi connectivity index (χ3v) is 3.95. The fraction of sp³-hybridized carbons (Fsp3) is 0.294. The number of halogens is 1. The van der Waals surface area contributed by atoms with E-state index >= 15 is 0 Å². The number of amides is 1. The molecule has 7 heteroatoms. The van der Waals surface area contributed by atoms with E-state index in [2.05, 4.69) is 10.3 Å². The third kappa shape index (κ3) is 3.52. The SMILES string of the molecule is O=C(N[C@@H]1C[C@@H](Oc2cccc(F)c2)[C@H](O)[C@H]1O)c1cccnc1. The topological polar surface area (TPSA) is 91.7 Å². The Balaban J connectivity index is 1.65. The maximum Gasteiger partial charge on any atom is 0.253 e. The maximum atomic E-state index is 13.2. The summed E-state index contributed by atoms with van der Waals surface area (Å²) in [4.78, 5) is 16.0. The van der Waals surface area contributed by atoms with Crippen LogP contribution in [0.5, 0.6) is 5.75 Å². The fourth-order valence-corrected chi connectivity index (χ4v) is 2.71. The average Bonchev–Trinajstić information content (AvgIpc) is 2.84. The Bertz CT molecular complexity index is 713. The Labute approximate surface area is 137 Å². The molecule has 1 aliphatic rings. The van der Waals surface area contributed by atoms with Gasteiger partial charge in [0.05, 0.1) is 11.6 Å². The second kappa shape index (κ2) is 6.94. The summed E-state index contributed by atoms with van der Waals surface area (Å²) in [7, 11) is 0. The highest BCUT2D eigenvalue weighted by molar-refractivity contribution is 5.94. The zero-order valence-electron chi connectivity index (χ0n) is 12.7. The molecule has 1 aromatic heterocycles. The zero-order valence-corrected chi connectivity index (χ0v) is 12.7. The van der Waals surface area contributed by atoms with Crippen molar-refractivity contribution in [1.29, 1.82) is 0 Å². The Morgan fingerprint density at radius 3 is 2.79 bits per heavy atom. The number of aliphatic hydroxyl groups excluding tert-OH is 2. The number of hydrogen-bond donors (Lipinski definition) is 3. The monoisotopic (exact) mass is 332 g/mol. The van der Waals surface area contributed by atoms with Crippen LogP contribution in [0.4, 0.5) is 4.39 Å². The van der Waals surface area contributed by atoms with Gasteiger partial charge in [-0.15, -0.1) is 0 Å². The van der Waals surface area contributed by atoms with E-state index in [0.717, 1.165) is 0 Å². The van der Waals surface area contributed by atoms with Crippen molar-refractivity contribution in [2.24, 2.45) is 0 Å². The molecule has 0 aliphatic heterocycles. The first-order valence-electron chi connectivity index (χ1n) is 7.54. The minimum absolute atomic E-state index is 0.199. The van der Waals surface area contributed by atoms with Crippen molar-refractivity contribution in [3.8, 4) is 5.75 Å². The van der Waals surface area contributed by atoms with Gasteiger partial charge in [0.2, 0.25) is 0 Å². The van der Waals surface area contributed by atoms with Gasteiger partial charge in [0, 0.05) is 24.9 Å². The van der Waals surface area contributed by atoms with Gasteiger partial charge in [0.15, 0.2) is 0 Å². The lowest BCUT2D eigenvalue weighted by Crippen LogP contribution is -2.43. The van der Waals surface area contributed by atoms with Crippen molar-refractivity contribution in [3.63, 3.8) is 0 Å². The van der Waals surface area contributed by atoms with Crippen LogP contribution in [0.2, 0.25) is 0 Å². The van der Waals surface area contributed by atoms with Gasteiger partial charge in [-0.1, -0.05) is 6.07 Å². The number of benzene rings is 1. The lowest BCUT2D eigenvalue weighted by molar-refractivity contribution is -0.0135. The van der Waals surface area contributed by atoms with Gasteiger partial charge in [0.25, 0.3) is 5.91 Å². The van der Waals surface area contributed by atoms with E-state index in [9.17, 15) is 19.4 Å². The predicted octanol–water partition coefficient (Wildman–Crippen LogP) is 0.892. The number of nitrogens with one attached hydrogen (secondary N) is 1. The number of aromatic nitrogens is 1. The highest BCUT2D eigenvalue weighted by atomic mass is 19.1. The van der Waals surface area contributed by atoms with E-state index in [1.54, 1.807) is 24.4 Å². The van der Waals surface area contributed by atoms with Crippen molar-refractivity contribution in [2.75, 3.05) is 0 Å². The first-order valence-corrected chi connectivity index (χ1v) is 7.54. The van der Waals surface area contributed by atoms with Crippen LogP contribution >= 0.6 is 0 Å². The molecule has 0 saturated heterocycles. The number of aliphatic hydroxyl groups is 2. The zero-order chi connectivity index (χ0) is 17.1. The van der Waals surface area contributed by atoms with E-state index in [0.29, 0.717) is 5.56 Å². The molecule has 4 atom stereocenters. The minimum Gasteiger partial charge on any atom is -0.487 e. The Hall–Kier alpha value is -2.51. The number of ether oxygens (including phenoxy) is 1. The summed E-state index contributed by atoms with van der Waals surface area (Å²) in [5.41, 5.74) is 0.355. The summed E-state index contributed by atoms with van der Waals surface area (Å²) in [6.45, 7) is 0. The van der Waals surface area contributed by atoms with Crippen LogP contribution < -0.4 is 10.1 Å². The second-order valence-corrected chi connectivity index (χ2v) is 5.65. The van der Waals surface area contributed by atoms with Crippen molar-refractivity contribution < 1.29 is 24.1 Å². The maximum absolute atomic E-state index is 13.2. The summed E-state index contributed by atoms with van der Waals surface area (Å²) >= 11 is 0. The van der Waals surface area contributed by atoms with Crippen LogP contribution in [-0.4, -0.2) is 45.5 Å². The Morgan fingerprint density at radius 1 is 1.25 bits per heavy atom.